The fourth-order valence-corrected chi connectivity index (χ4v) is 2.37. The second-order valence-corrected chi connectivity index (χ2v) is 5.56. The number of ether oxygens (including phenoxy) is 2. The molecule has 138 valence electrons. The number of non-ortho nitro benzene ring substituents is 1. The zero-order valence-electron chi connectivity index (χ0n) is 14.4. The molecule has 1 amide bonds. The molecule has 8 nitrogen and oxygen atoms in total. The number of methoxy groups -OCH3 is 2. The molecule has 2 aromatic carbocycles. The molecule has 27 heavy (non-hydrogen) atoms. The van der Waals surface area contributed by atoms with Crippen molar-refractivity contribution >= 4 is 35.0 Å². The van der Waals surface area contributed by atoms with Gasteiger partial charge in [-0.25, -0.2) is 0 Å². The van der Waals surface area contributed by atoms with Gasteiger partial charge in [0.2, 0.25) is 0 Å². The van der Waals surface area contributed by atoms with Crippen LogP contribution in [0, 0.1) is 21.4 Å². The van der Waals surface area contributed by atoms with E-state index >= 15 is 0 Å². The number of carbonyl (C=O) groups is 1. The predicted molar refractivity (Wildman–Crippen MR) is 99.9 cm³/mol. The highest BCUT2D eigenvalue weighted by Crippen LogP contribution is 2.28. The Labute approximate surface area is 159 Å². The lowest BCUT2D eigenvalue weighted by molar-refractivity contribution is -0.384. The molecule has 0 atom stereocenters. The summed E-state index contributed by atoms with van der Waals surface area (Å²) in [5, 5.41) is 22.5. The first-order valence-corrected chi connectivity index (χ1v) is 7.86. The van der Waals surface area contributed by atoms with Gasteiger partial charge in [0.05, 0.1) is 29.9 Å². The van der Waals surface area contributed by atoms with Crippen LogP contribution in [0.1, 0.15) is 5.56 Å². The van der Waals surface area contributed by atoms with Crippen LogP contribution in [0.4, 0.5) is 11.4 Å². The van der Waals surface area contributed by atoms with E-state index in [2.05, 4.69) is 5.32 Å². The largest absolute Gasteiger partial charge is 0.497 e. The predicted octanol–water partition coefficient (Wildman–Crippen LogP) is 3.81. The van der Waals surface area contributed by atoms with E-state index in [0.29, 0.717) is 17.1 Å². The maximum atomic E-state index is 12.4. The highest BCUT2D eigenvalue weighted by atomic mass is 35.5. The van der Waals surface area contributed by atoms with Gasteiger partial charge in [0.1, 0.15) is 23.1 Å². The van der Waals surface area contributed by atoms with Crippen LogP contribution in [0.15, 0.2) is 42.0 Å². The maximum absolute atomic E-state index is 12.4. The van der Waals surface area contributed by atoms with Crippen LogP contribution in [0.2, 0.25) is 5.02 Å². The number of anilines is 1. The average molecular weight is 388 g/mol. The maximum Gasteiger partial charge on any atom is 0.271 e. The van der Waals surface area contributed by atoms with Gasteiger partial charge in [-0.1, -0.05) is 11.6 Å². The lowest BCUT2D eigenvalue weighted by Gasteiger charge is -2.09. The van der Waals surface area contributed by atoms with E-state index in [1.165, 1.54) is 32.4 Å². The molecule has 0 heterocycles. The Balaban J connectivity index is 2.30. The van der Waals surface area contributed by atoms with E-state index in [-0.39, 0.29) is 22.0 Å². The molecule has 0 bridgehead atoms. The SMILES string of the molecule is COc1ccc(/C=C(\C#N)C(=O)Nc2ccc([N+](=O)[O-])cc2Cl)c(OC)c1. The summed E-state index contributed by atoms with van der Waals surface area (Å²) in [4.78, 5) is 22.5. The average Bonchev–Trinajstić information content (AvgIpc) is 2.67. The summed E-state index contributed by atoms with van der Waals surface area (Å²) in [6.07, 6.45) is 1.35. The first-order valence-electron chi connectivity index (χ1n) is 7.48. The number of halogens is 1. The van der Waals surface area contributed by atoms with Crippen LogP contribution in [-0.2, 0) is 4.79 Å². The molecule has 0 aliphatic heterocycles. The van der Waals surface area contributed by atoms with E-state index in [0.717, 1.165) is 6.07 Å². The molecule has 0 radical (unpaired) electrons. The van der Waals surface area contributed by atoms with Crippen LogP contribution in [0.5, 0.6) is 11.5 Å². The molecule has 0 fully saturated rings. The standard InChI is InChI=1S/C18H14ClN3O5/c1-26-14-5-3-11(17(9-14)27-2)7-12(10-20)18(23)21-16-6-4-13(22(24)25)8-15(16)19/h3-9H,1-2H3,(H,21,23)/b12-7+. The van der Waals surface area contributed by atoms with Crippen LogP contribution >= 0.6 is 11.6 Å². The molecular formula is C18H14ClN3O5. The highest BCUT2D eigenvalue weighted by Gasteiger charge is 2.15. The summed E-state index contributed by atoms with van der Waals surface area (Å²) in [7, 11) is 2.96. The topological polar surface area (TPSA) is 114 Å². The van der Waals surface area contributed by atoms with E-state index < -0.39 is 10.8 Å². The Morgan fingerprint density at radius 1 is 1.26 bits per heavy atom. The van der Waals surface area contributed by atoms with Crippen molar-refractivity contribution in [3.8, 4) is 17.6 Å². The number of nitrogens with one attached hydrogen (secondary N) is 1. The molecule has 0 aliphatic rings. The smallest absolute Gasteiger partial charge is 0.271 e. The minimum atomic E-state index is -0.717. The third kappa shape index (κ3) is 4.74. The fourth-order valence-electron chi connectivity index (χ4n) is 2.15. The monoisotopic (exact) mass is 387 g/mol. The lowest BCUT2D eigenvalue weighted by Crippen LogP contribution is -2.14. The number of rotatable bonds is 6. The minimum absolute atomic E-state index is 0.0168. The minimum Gasteiger partial charge on any atom is -0.497 e. The molecule has 9 heteroatoms. The Morgan fingerprint density at radius 3 is 2.56 bits per heavy atom. The molecule has 0 aromatic heterocycles. The highest BCUT2D eigenvalue weighted by molar-refractivity contribution is 6.34. The Bertz CT molecular complexity index is 966. The number of hydrogen-bond acceptors (Lipinski definition) is 6. The summed E-state index contributed by atoms with van der Waals surface area (Å²) in [6, 6.07) is 10.3. The van der Waals surface area contributed by atoms with Crippen LogP contribution < -0.4 is 14.8 Å². The zero-order chi connectivity index (χ0) is 20.0. The lowest BCUT2D eigenvalue weighted by atomic mass is 10.1. The van der Waals surface area contributed by atoms with Gasteiger partial charge in [-0.05, 0) is 24.3 Å². The number of benzene rings is 2. The van der Waals surface area contributed by atoms with Crippen molar-refractivity contribution in [1.29, 1.82) is 5.26 Å². The molecule has 0 unspecified atom stereocenters. The number of nitrogens with zero attached hydrogens (tertiary/aromatic N) is 2. The van der Waals surface area contributed by atoms with Crippen molar-refractivity contribution in [3.05, 3.63) is 62.7 Å². The first-order chi connectivity index (χ1) is 12.9. The van der Waals surface area contributed by atoms with E-state index in [1.807, 2.05) is 6.07 Å². The summed E-state index contributed by atoms with van der Waals surface area (Å²) < 4.78 is 10.3. The first kappa shape index (κ1) is 19.8. The van der Waals surface area contributed by atoms with Crippen molar-refractivity contribution in [1.82, 2.24) is 0 Å². The van der Waals surface area contributed by atoms with Crippen LogP contribution in [0.25, 0.3) is 6.08 Å². The van der Waals surface area contributed by atoms with Gasteiger partial charge in [0.25, 0.3) is 11.6 Å². The third-order valence-electron chi connectivity index (χ3n) is 3.52. The Kier molecular flexibility index (Phi) is 6.36. The van der Waals surface area contributed by atoms with E-state index in [1.54, 1.807) is 18.2 Å². The van der Waals surface area contributed by atoms with Gasteiger partial charge in [-0.3, -0.25) is 14.9 Å². The molecule has 0 saturated heterocycles. The normalized spacial score (nSPS) is 10.7. The summed E-state index contributed by atoms with van der Waals surface area (Å²) in [5.41, 5.74) is 0.236. The van der Waals surface area contributed by atoms with Gasteiger partial charge >= 0.3 is 0 Å². The van der Waals surface area contributed by atoms with Gasteiger partial charge in [0, 0.05) is 23.8 Å². The fraction of sp³-hybridized carbons (Fsp3) is 0.111. The summed E-state index contributed by atoms with van der Waals surface area (Å²) in [5.74, 6) is 0.263. The molecule has 0 spiro atoms. The number of amides is 1. The number of carbonyl (C=O) groups excluding carboxylic acids is 1. The quantitative estimate of drug-likeness (QED) is 0.349. The number of nitriles is 1. The molecular weight excluding hydrogens is 374 g/mol. The van der Waals surface area contributed by atoms with E-state index in [9.17, 15) is 20.2 Å². The molecule has 0 saturated carbocycles. The van der Waals surface area contributed by atoms with Crippen molar-refractivity contribution < 1.29 is 19.2 Å². The number of nitro benzene ring substituents is 1. The second-order valence-electron chi connectivity index (χ2n) is 5.15. The van der Waals surface area contributed by atoms with Gasteiger partial charge in [0.15, 0.2) is 0 Å². The number of nitro groups is 1. The Morgan fingerprint density at radius 2 is 2.00 bits per heavy atom. The third-order valence-corrected chi connectivity index (χ3v) is 3.83. The van der Waals surface area contributed by atoms with Gasteiger partial charge in [-0.15, -0.1) is 0 Å². The Hall–Kier alpha value is -3.57. The van der Waals surface area contributed by atoms with Crippen LogP contribution in [0.3, 0.4) is 0 Å². The van der Waals surface area contributed by atoms with Crippen molar-refractivity contribution in [2.75, 3.05) is 19.5 Å². The van der Waals surface area contributed by atoms with Crippen LogP contribution in [-0.4, -0.2) is 25.1 Å². The molecule has 2 rings (SSSR count). The summed E-state index contributed by atoms with van der Waals surface area (Å²) >= 11 is 5.95. The second kappa shape index (κ2) is 8.69. The van der Waals surface area contributed by atoms with Crippen molar-refractivity contribution in [2.45, 2.75) is 0 Å². The zero-order valence-corrected chi connectivity index (χ0v) is 15.1. The van der Waals surface area contributed by atoms with Gasteiger partial charge < -0.3 is 14.8 Å². The van der Waals surface area contributed by atoms with Gasteiger partial charge in [-0.2, -0.15) is 5.26 Å². The molecule has 2 aromatic rings. The number of hydrogen-bond donors (Lipinski definition) is 1. The van der Waals surface area contributed by atoms with E-state index in [4.69, 9.17) is 21.1 Å². The molecule has 0 aliphatic carbocycles. The summed E-state index contributed by atoms with van der Waals surface area (Å²) in [6.45, 7) is 0. The molecule has 1 N–H and O–H groups in total. The van der Waals surface area contributed by atoms with Crippen molar-refractivity contribution in [3.63, 3.8) is 0 Å². The van der Waals surface area contributed by atoms with Crippen molar-refractivity contribution in [2.24, 2.45) is 0 Å².